The van der Waals surface area contributed by atoms with Gasteiger partial charge in [0.2, 0.25) is 5.82 Å². The van der Waals surface area contributed by atoms with E-state index in [-0.39, 0.29) is 60.0 Å². The van der Waals surface area contributed by atoms with Crippen LogP contribution in [0.5, 0.6) is 23.0 Å². The third kappa shape index (κ3) is 7.62. The lowest BCUT2D eigenvalue weighted by atomic mass is 9.72. The molecule has 0 aliphatic carbocycles. The molecule has 0 atom stereocenters. The fourth-order valence-corrected chi connectivity index (χ4v) is 8.34. The molecule has 2 amide bonds. The second kappa shape index (κ2) is 14.0. The van der Waals surface area contributed by atoms with Crippen LogP contribution < -0.4 is 14.4 Å². The van der Waals surface area contributed by atoms with Gasteiger partial charge in [0, 0.05) is 16.5 Å². The minimum Gasteiger partial charge on any atom is -0.457 e. The standard InChI is InChI=1S/C46H46F5NO4/c1-43(2,3)23-45(7,8)25-11-15-27(16-12-25)55-31-21-19-29-33-30(42(54)52(41(29)53)40-38(50)36(48)35(47)37(49)39(40)51)20-22-32(34(31)33)56-28-17-13-26(14-18-28)46(9,10)24-44(4,5)6/h11-22H,23-24H2,1-10H3. The summed E-state index contributed by atoms with van der Waals surface area (Å²) in [6.07, 6.45) is 1.85. The maximum atomic E-state index is 15.1. The lowest BCUT2D eigenvalue weighted by Crippen LogP contribution is -2.42. The average molecular weight is 772 g/mol. The first-order chi connectivity index (χ1) is 25.9. The van der Waals surface area contributed by atoms with Crippen LogP contribution in [0.25, 0.3) is 10.8 Å². The van der Waals surface area contributed by atoms with Gasteiger partial charge >= 0.3 is 0 Å². The van der Waals surface area contributed by atoms with Crippen molar-refractivity contribution in [3.8, 4) is 23.0 Å². The second-order valence-corrected chi connectivity index (χ2v) is 18.3. The van der Waals surface area contributed by atoms with Gasteiger partial charge in [-0.3, -0.25) is 9.59 Å². The van der Waals surface area contributed by atoms with E-state index in [4.69, 9.17) is 9.47 Å². The van der Waals surface area contributed by atoms with Gasteiger partial charge in [-0.2, -0.15) is 0 Å². The molecule has 0 spiro atoms. The number of hydrogen-bond acceptors (Lipinski definition) is 4. The van der Waals surface area contributed by atoms with E-state index in [1.807, 2.05) is 48.5 Å². The van der Waals surface area contributed by atoms with E-state index < -0.39 is 46.6 Å². The summed E-state index contributed by atoms with van der Waals surface area (Å²) in [5.41, 5.74) is -0.0669. The number of carbonyl (C=O) groups excluding carboxylic acids is 2. The molecule has 0 aromatic heterocycles. The number of ether oxygens (including phenoxy) is 2. The Balaban J connectivity index is 1.47. The molecule has 5 aromatic carbocycles. The van der Waals surface area contributed by atoms with E-state index in [1.165, 1.54) is 24.3 Å². The topological polar surface area (TPSA) is 55.8 Å². The molecule has 0 unspecified atom stereocenters. The molecule has 5 aromatic rings. The minimum atomic E-state index is -2.41. The molecular weight excluding hydrogens is 725 g/mol. The predicted octanol–water partition coefficient (Wildman–Crippen LogP) is 13.3. The van der Waals surface area contributed by atoms with Gasteiger partial charge in [-0.25, -0.2) is 26.9 Å². The Morgan fingerprint density at radius 1 is 0.464 bits per heavy atom. The van der Waals surface area contributed by atoms with Crippen molar-refractivity contribution in [1.82, 2.24) is 0 Å². The highest BCUT2D eigenvalue weighted by atomic mass is 19.2. The zero-order chi connectivity index (χ0) is 41.3. The maximum Gasteiger partial charge on any atom is 0.266 e. The van der Waals surface area contributed by atoms with E-state index in [9.17, 15) is 22.8 Å². The van der Waals surface area contributed by atoms with Gasteiger partial charge in [0.1, 0.15) is 28.7 Å². The van der Waals surface area contributed by atoms with Crippen molar-refractivity contribution in [3.63, 3.8) is 0 Å². The van der Waals surface area contributed by atoms with Gasteiger partial charge in [-0.1, -0.05) is 93.5 Å². The Hall–Kier alpha value is -5.25. The number of amides is 2. The number of imide groups is 1. The van der Waals surface area contributed by atoms with Crippen LogP contribution in [0.15, 0.2) is 72.8 Å². The number of hydrogen-bond donors (Lipinski definition) is 0. The zero-order valence-corrected chi connectivity index (χ0v) is 33.3. The number of nitrogens with zero attached hydrogens (tertiary/aromatic N) is 1. The van der Waals surface area contributed by atoms with Crippen LogP contribution in [0.2, 0.25) is 0 Å². The molecule has 6 rings (SSSR count). The highest BCUT2D eigenvalue weighted by Crippen LogP contribution is 2.46. The molecular formula is C46H46F5NO4. The van der Waals surface area contributed by atoms with Crippen LogP contribution in [0.1, 0.15) is 114 Å². The summed E-state index contributed by atoms with van der Waals surface area (Å²) in [5, 5.41) is 0.217. The summed E-state index contributed by atoms with van der Waals surface area (Å²) in [4.78, 5) is 27.9. The summed E-state index contributed by atoms with van der Waals surface area (Å²) in [5.74, 6) is -13.0. The van der Waals surface area contributed by atoms with Crippen molar-refractivity contribution < 1.29 is 41.0 Å². The lowest BCUT2D eigenvalue weighted by molar-refractivity contribution is 0.0890. The van der Waals surface area contributed by atoms with Crippen molar-refractivity contribution in [2.45, 2.75) is 92.9 Å². The molecule has 10 heteroatoms. The highest BCUT2D eigenvalue weighted by molar-refractivity contribution is 6.36. The number of anilines is 1. The van der Waals surface area contributed by atoms with Crippen molar-refractivity contribution in [1.29, 1.82) is 0 Å². The summed E-state index contributed by atoms with van der Waals surface area (Å²) in [7, 11) is 0. The van der Waals surface area contributed by atoms with Gasteiger partial charge in [0.15, 0.2) is 23.3 Å². The van der Waals surface area contributed by atoms with Gasteiger partial charge in [0.25, 0.3) is 11.8 Å². The Labute approximate surface area is 324 Å². The first kappa shape index (κ1) is 40.4. The van der Waals surface area contributed by atoms with E-state index >= 15 is 8.78 Å². The Bertz CT molecular complexity index is 2210. The van der Waals surface area contributed by atoms with Crippen LogP contribution in [-0.2, 0) is 10.8 Å². The smallest absolute Gasteiger partial charge is 0.266 e. The highest BCUT2D eigenvalue weighted by Gasteiger charge is 2.41. The molecule has 1 aliphatic rings. The summed E-state index contributed by atoms with van der Waals surface area (Å²) in [6, 6.07) is 20.6. The molecule has 1 aliphatic heterocycles. The molecule has 0 N–H and O–H groups in total. The van der Waals surface area contributed by atoms with Crippen molar-refractivity contribution >= 4 is 28.3 Å². The third-order valence-corrected chi connectivity index (χ3v) is 10.0. The SMILES string of the molecule is CC(C)(C)CC(C)(C)c1ccc(Oc2ccc3c4c(ccc(Oc5ccc(C(C)(C)CC(C)(C)C)cc5)c24)C(=O)N(c2c(F)c(F)c(F)c(F)c2F)C3=O)cc1. The zero-order valence-electron chi connectivity index (χ0n) is 33.3. The molecule has 1 heterocycles. The monoisotopic (exact) mass is 771 g/mol. The van der Waals surface area contributed by atoms with E-state index in [0.29, 0.717) is 11.5 Å². The lowest BCUT2D eigenvalue weighted by Gasteiger charge is -2.33. The molecule has 0 saturated carbocycles. The molecule has 0 radical (unpaired) electrons. The summed E-state index contributed by atoms with van der Waals surface area (Å²) < 4.78 is 85.6. The summed E-state index contributed by atoms with van der Waals surface area (Å²) in [6.45, 7) is 21.8. The van der Waals surface area contributed by atoms with Crippen LogP contribution in [0.3, 0.4) is 0 Å². The molecule has 56 heavy (non-hydrogen) atoms. The minimum absolute atomic E-state index is 0.0233. The van der Waals surface area contributed by atoms with Gasteiger partial charge in [-0.15, -0.1) is 0 Å². The van der Waals surface area contributed by atoms with Crippen molar-refractivity contribution in [3.05, 3.63) is 124 Å². The van der Waals surface area contributed by atoms with Crippen LogP contribution in [0.4, 0.5) is 27.6 Å². The quantitative estimate of drug-likeness (QED) is 0.0648. The number of benzene rings is 5. The van der Waals surface area contributed by atoms with Gasteiger partial charge in [0.05, 0.1) is 5.39 Å². The van der Waals surface area contributed by atoms with E-state index in [2.05, 4.69) is 69.2 Å². The molecule has 0 saturated heterocycles. The van der Waals surface area contributed by atoms with Crippen LogP contribution >= 0.6 is 0 Å². The number of carbonyl (C=O) groups is 2. The van der Waals surface area contributed by atoms with Crippen LogP contribution in [-0.4, -0.2) is 11.8 Å². The molecule has 5 nitrogen and oxygen atoms in total. The Morgan fingerprint density at radius 2 is 0.804 bits per heavy atom. The van der Waals surface area contributed by atoms with Crippen molar-refractivity contribution in [2.24, 2.45) is 10.8 Å². The third-order valence-electron chi connectivity index (χ3n) is 10.0. The Morgan fingerprint density at radius 3 is 1.14 bits per heavy atom. The number of rotatable bonds is 9. The Kier molecular flexibility index (Phi) is 10.1. The average Bonchev–Trinajstić information content (AvgIpc) is 3.09. The largest absolute Gasteiger partial charge is 0.457 e. The normalized spacial score (nSPS) is 13.8. The predicted molar refractivity (Wildman–Crippen MR) is 209 cm³/mol. The van der Waals surface area contributed by atoms with E-state index in [0.717, 1.165) is 24.0 Å². The van der Waals surface area contributed by atoms with Crippen molar-refractivity contribution in [2.75, 3.05) is 4.90 Å². The van der Waals surface area contributed by atoms with Crippen LogP contribution in [0, 0.1) is 39.9 Å². The fraction of sp³-hybridized carbons (Fsp3) is 0.348. The molecule has 294 valence electrons. The fourth-order valence-electron chi connectivity index (χ4n) is 8.34. The number of halogens is 5. The molecule has 0 fully saturated rings. The molecule has 0 bridgehead atoms. The van der Waals surface area contributed by atoms with Gasteiger partial charge in [-0.05, 0) is 94.2 Å². The maximum absolute atomic E-state index is 15.1. The summed E-state index contributed by atoms with van der Waals surface area (Å²) >= 11 is 0. The van der Waals surface area contributed by atoms with Gasteiger partial charge < -0.3 is 9.47 Å². The first-order valence-corrected chi connectivity index (χ1v) is 18.5. The van der Waals surface area contributed by atoms with E-state index in [1.54, 1.807) is 0 Å². The second-order valence-electron chi connectivity index (χ2n) is 18.3. The first-order valence-electron chi connectivity index (χ1n) is 18.5.